The molecule has 0 saturated heterocycles. The number of rotatable bonds is 10. The molecule has 9 nitrogen and oxygen atoms in total. The van der Waals surface area contributed by atoms with Crippen molar-refractivity contribution in [3.05, 3.63) is 51.1 Å². The summed E-state index contributed by atoms with van der Waals surface area (Å²) in [5.41, 5.74) is 3.09. The Hall–Kier alpha value is -0.691. The van der Waals surface area contributed by atoms with Gasteiger partial charge in [-0.15, -0.1) is 0 Å². The van der Waals surface area contributed by atoms with E-state index < -0.39 is 26.0 Å². The van der Waals surface area contributed by atoms with Crippen LogP contribution >= 0.6 is 0 Å². The Morgan fingerprint density at radius 3 is 2.54 bits per heavy atom. The maximum absolute atomic E-state index is 11.3. The molecule has 0 spiro atoms. The molecule has 2 heterocycles. The fourth-order valence-corrected chi connectivity index (χ4v) is 10.00. The van der Waals surface area contributed by atoms with E-state index in [4.69, 9.17) is 4.74 Å². The third kappa shape index (κ3) is 8.16. The molecule has 2 aromatic carbocycles. The van der Waals surface area contributed by atoms with Crippen LogP contribution < -0.4 is 18.7 Å². The molecule has 0 bridgehead atoms. The minimum absolute atomic E-state index is 0. The first-order chi connectivity index (χ1) is 16.9. The first-order valence-corrected chi connectivity index (χ1v) is 17.7. The Morgan fingerprint density at radius 2 is 1.86 bits per heavy atom. The van der Waals surface area contributed by atoms with Crippen molar-refractivity contribution in [3.8, 4) is 5.75 Å². The molecule has 0 aliphatic carbocycles. The second kappa shape index (κ2) is 12.7. The largest absolute Gasteiger partial charge is 0 e. The van der Waals surface area contributed by atoms with E-state index in [2.05, 4.69) is 33.7 Å². The zero-order valence-corrected chi connectivity index (χ0v) is 27.8. The van der Waals surface area contributed by atoms with Crippen LogP contribution in [0.1, 0.15) is 23.0 Å². The molecule has 0 saturated carbocycles. The molecule has 37 heavy (non-hydrogen) atoms. The molecule has 1 aliphatic heterocycles. The summed E-state index contributed by atoms with van der Waals surface area (Å²) in [4.78, 5) is 2.13. The van der Waals surface area contributed by atoms with Crippen molar-refractivity contribution in [2.45, 2.75) is 26.3 Å². The van der Waals surface area contributed by atoms with Crippen molar-refractivity contribution in [1.82, 2.24) is 0 Å². The van der Waals surface area contributed by atoms with E-state index >= 15 is 0 Å². The van der Waals surface area contributed by atoms with E-state index in [9.17, 15) is 25.9 Å². The van der Waals surface area contributed by atoms with Crippen molar-refractivity contribution >= 4 is 105 Å². The van der Waals surface area contributed by atoms with E-state index in [-0.39, 0.29) is 77.6 Å². The third-order valence-electron chi connectivity index (χ3n) is 5.63. The van der Waals surface area contributed by atoms with Crippen molar-refractivity contribution in [2.75, 3.05) is 30.1 Å². The van der Waals surface area contributed by atoms with Gasteiger partial charge in [0.15, 0.2) is 0 Å². The van der Waals surface area contributed by atoms with Crippen molar-refractivity contribution < 1.29 is 35.2 Å². The quantitative estimate of drug-likeness (QED) is 0.185. The normalized spacial score (nSPS) is 14.7. The van der Waals surface area contributed by atoms with Crippen molar-refractivity contribution in [2.24, 2.45) is 0 Å². The molecule has 0 atom stereocenters. The first-order valence-electron chi connectivity index (χ1n) is 11.1. The average Bonchev–Trinajstić information content (AvgIpc) is 3.29. The second-order valence-electron chi connectivity index (χ2n) is 8.39. The SMILES string of the molecule is COc1ccc2[se]c(C=C3[Se]c4ccc(C)cc4N3CCCS(=O)(=O)O)[n+](CCCS(=O)(=O)[O-])c2c1.[Na]. The van der Waals surface area contributed by atoms with Gasteiger partial charge in [0.05, 0.1) is 0 Å². The number of ether oxygens (including phenoxy) is 1. The number of nitrogens with zero attached hydrogens (tertiary/aromatic N) is 2. The molecule has 3 aromatic rings. The van der Waals surface area contributed by atoms with Crippen LogP contribution in [0, 0.1) is 6.92 Å². The Morgan fingerprint density at radius 1 is 1.11 bits per heavy atom. The van der Waals surface area contributed by atoms with Gasteiger partial charge in [-0.05, 0) is 0 Å². The minimum Gasteiger partial charge on any atom is 0 e. The van der Waals surface area contributed by atoms with Gasteiger partial charge in [-0.3, -0.25) is 0 Å². The van der Waals surface area contributed by atoms with Crippen LogP contribution in [0.15, 0.2) is 41.0 Å². The van der Waals surface area contributed by atoms with Gasteiger partial charge in [0, 0.05) is 29.6 Å². The molecule has 0 amide bonds. The zero-order chi connectivity index (χ0) is 26.1. The van der Waals surface area contributed by atoms with Gasteiger partial charge in [0.25, 0.3) is 0 Å². The second-order valence-corrected chi connectivity index (χ2v) is 15.9. The van der Waals surface area contributed by atoms with Gasteiger partial charge in [-0.1, -0.05) is 0 Å². The standard InChI is InChI=1S/C23H26N2O7S2Se2.Na/c1-16-5-7-20-18(13-16)24(9-3-11-33(26,27)28)22(35-20)15-23-25(10-4-12-34(29,30)31)19-14-17(32-2)6-8-21(19)36-23;/h5-8,13-15H,3-4,9-12H2,1-2H3,(H-,26,27,28,29,30,31);. The smallest absolute Gasteiger partial charge is 0 e. The summed E-state index contributed by atoms with van der Waals surface area (Å²) in [5, 5.41) is 0. The molecule has 0 fully saturated rings. The number of anilines is 1. The van der Waals surface area contributed by atoms with Gasteiger partial charge in [0.1, 0.15) is 0 Å². The van der Waals surface area contributed by atoms with Gasteiger partial charge < -0.3 is 0 Å². The number of hydrogen-bond donors (Lipinski definition) is 1. The van der Waals surface area contributed by atoms with Crippen LogP contribution in [0.5, 0.6) is 5.75 Å². The number of hydrogen-bond acceptors (Lipinski definition) is 7. The summed E-state index contributed by atoms with van der Waals surface area (Å²) in [7, 11) is -6.78. The average molecular weight is 688 g/mol. The van der Waals surface area contributed by atoms with E-state index in [1.165, 1.54) is 4.46 Å². The fourth-order valence-electron chi connectivity index (χ4n) is 4.01. The first kappa shape index (κ1) is 30.8. The van der Waals surface area contributed by atoms with Crippen molar-refractivity contribution in [1.29, 1.82) is 0 Å². The Balaban J connectivity index is 0.00000380. The monoisotopic (exact) mass is 689 g/mol. The molecule has 1 N–H and O–H groups in total. The van der Waals surface area contributed by atoms with E-state index in [0.717, 1.165) is 30.2 Å². The number of fused-ring (bicyclic) bond motifs is 2. The molecule has 195 valence electrons. The fraction of sp³-hybridized carbons (Fsp3) is 0.348. The summed E-state index contributed by atoms with van der Waals surface area (Å²) >= 11 is -0.0630. The van der Waals surface area contributed by atoms with Crippen LogP contribution in [0.3, 0.4) is 0 Å². The summed E-state index contributed by atoms with van der Waals surface area (Å²) in [6.45, 7) is 2.83. The zero-order valence-electron chi connectivity index (χ0n) is 20.7. The topological polar surface area (TPSA) is 128 Å². The predicted octanol–water partition coefficient (Wildman–Crippen LogP) is 0.482. The summed E-state index contributed by atoms with van der Waals surface area (Å²) in [6, 6.07) is 12.1. The van der Waals surface area contributed by atoms with Crippen molar-refractivity contribution in [3.63, 3.8) is 0 Å². The molecule has 14 heteroatoms. The van der Waals surface area contributed by atoms with E-state index in [1.54, 1.807) is 7.11 Å². The number of benzene rings is 2. The van der Waals surface area contributed by atoms with E-state index in [1.807, 2.05) is 25.1 Å². The number of methoxy groups -OCH3 is 1. The molecule has 1 aromatic heterocycles. The van der Waals surface area contributed by atoms with Crippen LogP contribution in [-0.4, -0.2) is 110 Å². The minimum atomic E-state index is -4.31. The predicted molar refractivity (Wildman–Crippen MR) is 145 cm³/mol. The van der Waals surface area contributed by atoms with Crippen LogP contribution in [0.25, 0.3) is 15.9 Å². The van der Waals surface area contributed by atoms with Gasteiger partial charge in [-0.2, -0.15) is 0 Å². The molecule has 0 unspecified atom stereocenters. The molecule has 1 aliphatic rings. The molecule has 1 radical (unpaired) electrons. The molecule has 4 rings (SSSR count). The van der Waals surface area contributed by atoms with Crippen LogP contribution in [-0.2, 0) is 26.8 Å². The molecular weight excluding hydrogens is 661 g/mol. The number of aryl methyl sites for hydroxylation is 2. The van der Waals surface area contributed by atoms with Gasteiger partial charge in [-0.25, -0.2) is 0 Å². The van der Waals surface area contributed by atoms with Gasteiger partial charge in [0.2, 0.25) is 0 Å². The maximum atomic E-state index is 11.3. The van der Waals surface area contributed by atoms with Crippen LogP contribution in [0.4, 0.5) is 5.69 Å². The summed E-state index contributed by atoms with van der Waals surface area (Å²) in [5.74, 6) is -0.0533. The Bertz CT molecular complexity index is 1540. The third-order valence-corrected chi connectivity index (χ3v) is 11.9. The van der Waals surface area contributed by atoms with Crippen LogP contribution in [0.2, 0.25) is 0 Å². The van der Waals surface area contributed by atoms with E-state index in [0.29, 0.717) is 18.8 Å². The summed E-state index contributed by atoms with van der Waals surface area (Å²) < 4.78 is 77.3. The Labute approximate surface area is 251 Å². The van der Waals surface area contributed by atoms with Gasteiger partial charge >= 0.3 is 224 Å². The maximum Gasteiger partial charge on any atom is 0 e. The number of aromatic nitrogens is 1. The summed E-state index contributed by atoms with van der Waals surface area (Å²) in [6.07, 6.45) is 2.61. The molecular formula is C23H26N2NaO7S2Se2. The Kier molecular flexibility index (Phi) is 10.5.